The van der Waals surface area contributed by atoms with E-state index < -0.39 is 0 Å². The lowest BCUT2D eigenvalue weighted by atomic mass is 10.1. The summed E-state index contributed by atoms with van der Waals surface area (Å²) in [4.78, 5) is 4.57. The molecule has 0 aliphatic rings. The zero-order chi connectivity index (χ0) is 13.0. The van der Waals surface area contributed by atoms with Gasteiger partial charge in [-0.15, -0.1) is 23.7 Å². The number of ether oxygens (including phenoxy) is 2. The largest absolute Gasteiger partial charge is 0.497 e. The highest BCUT2D eigenvalue weighted by Gasteiger charge is 2.10. The number of thiazole rings is 1. The summed E-state index contributed by atoms with van der Waals surface area (Å²) in [6, 6.07) is 5.75. The van der Waals surface area contributed by atoms with E-state index in [0.29, 0.717) is 0 Å². The van der Waals surface area contributed by atoms with Crippen LogP contribution in [-0.2, 0) is 6.54 Å². The van der Waals surface area contributed by atoms with Gasteiger partial charge in [-0.05, 0) is 19.2 Å². The SMILES string of the molecule is CNCc1nc(-c2ccc(OC)cc2OC)cs1.Cl. The third-order valence-corrected chi connectivity index (χ3v) is 3.41. The fourth-order valence-electron chi connectivity index (χ4n) is 1.68. The number of benzene rings is 1. The molecule has 1 aromatic heterocycles. The Hall–Kier alpha value is -1.30. The molecule has 2 rings (SSSR count). The predicted octanol–water partition coefficient (Wildman–Crippen LogP) is 2.97. The molecular weight excluding hydrogens is 284 g/mol. The highest BCUT2D eigenvalue weighted by molar-refractivity contribution is 7.09. The Morgan fingerprint density at radius 2 is 2.05 bits per heavy atom. The van der Waals surface area contributed by atoms with Crippen molar-refractivity contribution >= 4 is 23.7 Å². The first-order valence-electron chi connectivity index (χ1n) is 5.60. The van der Waals surface area contributed by atoms with Gasteiger partial charge in [0.25, 0.3) is 0 Å². The van der Waals surface area contributed by atoms with E-state index in [4.69, 9.17) is 9.47 Å². The maximum atomic E-state index is 5.38. The quantitative estimate of drug-likeness (QED) is 0.922. The van der Waals surface area contributed by atoms with E-state index in [0.717, 1.165) is 34.3 Å². The van der Waals surface area contributed by atoms with Gasteiger partial charge < -0.3 is 14.8 Å². The highest BCUT2D eigenvalue weighted by Crippen LogP contribution is 2.33. The fraction of sp³-hybridized carbons (Fsp3) is 0.308. The molecule has 104 valence electrons. The van der Waals surface area contributed by atoms with Gasteiger partial charge in [0, 0.05) is 23.6 Å². The molecule has 1 aromatic carbocycles. The number of halogens is 1. The number of nitrogens with zero attached hydrogens (tertiary/aromatic N) is 1. The molecule has 0 fully saturated rings. The first-order chi connectivity index (χ1) is 8.78. The fourth-order valence-corrected chi connectivity index (χ4v) is 2.48. The van der Waals surface area contributed by atoms with Crippen LogP contribution in [0.3, 0.4) is 0 Å². The van der Waals surface area contributed by atoms with Crippen LogP contribution in [-0.4, -0.2) is 26.3 Å². The summed E-state index contributed by atoms with van der Waals surface area (Å²) in [7, 11) is 5.20. The molecular formula is C13H17ClN2O2S. The lowest BCUT2D eigenvalue weighted by Crippen LogP contribution is -2.04. The summed E-state index contributed by atoms with van der Waals surface area (Å²) >= 11 is 1.64. The average molecular weight is 301 g/mol. The van der Waals surface area contributed by atoms with Gasteiger partial charge in [0.05, 0.1) is 19.9 Å². The highest BCUT2D eigenvalue weighted by atomic mass is 35.5. The zero-order valence-corrected chi connectivity index (χ0v) is 12.7. The Kier molecular flexibility index (Phi) is 6.08. The molecule has 6 heteroatoms. The Labute approximate surface area is 123 Å². The molecule has 1 N–H and O–H groups in total. The molecule has 0 bridgehead atoms. The van der Waals surface area contributed by atoms with Gasteiger partial charge in [-0.25, -0.2) is 4.98 Å². The van der Waals surface area contributed by atoms with E-state index >= 15 is 0 Å². The van der Waals surface area contributed by atoms with Crippen molar-refractivity contribution < 1.29 is 9.47 Å². The monoisotopic (exact) mass is 300 g/mol. The van der Waals surface area contributed by atoms with E-state index in [1.807, 2.05) is 30.6 Å². The Balaban J connectivity index is 0.00000180. The van der Waals surface area contributed by atoms with Crippen LogP contribution >= 0.6 is 23.7 Å². The number of rotatable bonds is 5. The summed E-state index contributed by atoms with van der Waals surface area (Å²) in [5, 5.41) is 6.19. The number of nitrogens with one attached hydrogen (secondary N) is 1. The van der Waals surface area contributed by atoms with Crippen molar-refractivity contribution in [2.75, 3.05) is 21.3 Å². The van der Waals surface area contributed by atoms with Gasteiger partial charge in [0.15, 0.2) is 0 Å². The average Bonchev–Trinajstić information content (AvgIpc) is 2.87. The summed E-state index contributed by atoms with van der Waals surface area (Å²) in [5.74, 6) is 1.55. The third-order valence-electron chi connectivity index (χ3n) is 2.56. The lowest BCUT2D eigenvalue weighted by Gasteiger charge is -2.08. The zero-order valence-electron chi connectivity index (χ0n) is 11.1. The maximum Gasteiger partial charge on any atom is 0.131 e. The number of methoxy groups -OCH3 is 2. The van der Waals surface area contributed by atoms with Crippen LogP contribution in [0, 0.1) is 0 Å². The van der Waals surface area contributed by atoms with Crippen LogP contribution in [0.25, 0.3) is 11.3 Å². The number of hydrogen-bond donors (Lipinski definition) is 1. The topological polar surface area (TPSA) is 43.4 Å². The third kappa shape index (κ3) is 3.59. The van der Waals surface area contributed by atoms with Crippen LogP contribution in [0.2, 0.25) is 0 Å². The molecule has 0 saturated carbocycles. The van der Waals surface area contributed by atoms with Crippen LogP contribution in [0.1, 0.15) is 5.01 Å². The maximum absolute atomic E-state index is 5.38. The minimum atomic E-state index is 0. The van der Waals surface area contributed by atoms with Crippen molar-refractivity contribution in [3.8, 4) is 22.8 Å². The Bertz CT molecular complexity index is 531. The summed E-state index contributed by atoms with van der Waals surface area (Å²) < 4.78 is 10.6. The molecule has 0 saturated heterocycles. The first-order valence-corrected chi connectivity index (χ1v) is 6.48. The Morgan fingerprint density at radius 3 is 2.68 bits per heavy atom. The van der Waals surface area contributed by atoms with Crippen LogP contribution in [0.5, 0.6) is 11.5 Å². The molecule has 0 unspecified atom stereocenters. The molecule has 0 spiro atoms. The van der Waals surface area contributed by atoms with Crippen molar-refractivity contribution in [1.29, 1.82) is 0 Å². The van der Waals surface area contributed by atoms with E-state index in [2.05, 4.69) is 10.3 Å². The van der Waals surface area contributed by atoms with Crippen molar-refractivity contribution in [3.63, 3.8) is 0 Å². The van der Waals surface area contributed by atoms with Gasteiger partial charge in [0.2, 0.25) is 0 Å². The molecule has 0 amide bonds. The van der Waals surface area contributed by atoms with E-state index in [9.17, 15) is 0 Å². The molecule has 0 radical (unpaired) electrons. The standard InChI is InChI=1S/C13H16N2O2S.ClH/c1-14-7-13-15-11(8-18-13)10-5-4-9(16-2)6-12(10)17-3;/h4-6,8,14H,7H2,1-3H3;1H. The minimum Gasteiger partial charge on any atom is -0.497 e. The summed E-state index contributed by atoms with van der Waals surface area (Å²) in [6.07, 6.45) is 0. The summed E-state index contributed by atoms with van der Waals surface area (Å²) in [5.41, 5.74) is 1.92. The Morgan fingerprint density at radius 1 is 1.26 bits per heavy atom. The van der Waals surface area contributed by atoms with Gasteiger partial charge >= 0.3 is 0 Å². The van der Waals surface area contributed by atoms with Crippen molar-refractivity contribution in [1.82, 2.24) is 10.3 Å². The second-order valence-electron chi connectivity index (χ2n) is 3.72. The second kappa shape index (κ2) is 7.33. The van der Waals surface area contributed by atoms with E-state index in [1.165, 1.54) is 0 Å². The molecule has 1 heterocycles. The smallest absolute Gasteiger partial charge is 0.131 e. The first kappa shape index (κ1) is 15.8. The number of aromatic nitrogens is 1. The van der Waals surface area contributed by atoms with E-state index in [1.54, 1.807) is 25.6 Å². The van der Waals surface area contributed by atoms with Gasteiger partial charge in [-0.2, -0.15) is 0 Å². The van der Waals surface area contributed by atoms with Crippen molar-refractivity contribution in [2.45, 2.75) is 6.54 Å². The van der Waals surface area contributed by atoms with Gasteiger partial charge in [-0.1, -0.05) is 0 Å². The minimum absolute atomic E-state index is 0. The van der Waals surface area contributed by atoms with Crippen molar-refractivity contribution in [2.24, 2.45) is 0 Å². The van der Waals surface area contributed by atoms with Gasteiger partial charge in [0.1, 0.15) is 16.5 Å². The van der Waals surface area contributed by atoms with Crippen LogP contribution < -0.4 is 14.8 Å². The molecule has 19 heavy (non-hydrogen) atoms. The predicted molar refractivity (Wildman–Crippen MR) is 80.7 cm³/mol. The van der Waals surface area contributed by atoms with Crippen LogP contribution in [0.15, 0.2) is 23.6 Å². The normalized spacial score (nSPS) is 9.84. The molecule has 0 atom stereocenters. The summed E-state index contributed by atoms with van der Waals surface area (Å²) in [6.45, 7) is 0.781. The molecule has 0 aliphatic carbocycles. The molecule has 2 aromatic rings. The van der Waals surface area contributed by atoms with Crippen LogP contribution in [0.4, 0.5) is 0 Å². The van der Waals surface area contributed by atoms with Gasteiger partial charge in [-0.3, -0.25) is 0 Å². The molecule has 4 nitrogen and oxygen atoms in total. The number of hydrogen-bond acceptors (Lipinski definition) is 5. The van der Waals surface area contributed by atoms with Crippen molar-refractivity contribution in [3.05, 3.63) is 28.6 Å². The lowest BCUT2D eigenvalue weighted by molar-refractivity contribution is 0.395. The molecule has 0 aliphatic heterocycles. The van der Waals surface area contributed by atoms with E-state index in [-0.39, 0.29) is 12.4 Å². The second-order valence-corrected chi connectivity index (χ2v) is 4.67.